The molecule has 1 aromatic carbocycles. The van der Waals surface area contributed by atoms with E-state index in [9.17, 15) is 9.18 Å². The molecule has 80 valence electrons. The first-order valence-corrected chi connectivity index (χ1v) is 5.26. The van der Waals surface area contributed by atoms with Crippen LogP contribution in [0.2, 0.25) is 0 Å². The van der Waals surface area contributed by atoms with E-state index in [1.807, 2.05) is 6.92 Å². The van der Waals surface area contributed by atoms with Gasteiger partial charge in [0.2, 0.25) is 5.91 Å². The molecule has 3 heteroatoms. The molecule has 0 unspecified atom stereocenters. The van der Waals surface area contributed by atoms with Crippen molar-refractivity contribution in [2.45, 2.75) is 32.2 Å². The van der Waals surface area contributed by atoms with Crippen molar-refractivity contribution < 1.29 is 9.18 Å². The highest BCUT2D eigenvalue weighted by atomic mass is 19.1. The van der Waals surface area contributed by atoms with Crippen molar-refractivity contribution in [1.29, 1.82) is 0 Å². The van der Waals surface area contributed by atoms with E-state index in [-0.39, 0.29) is 17.8 Å². The molecule has 0 radical (unpaired) electrons. The van der Waals surface area contributed by atoms with E-state index in [1.165, 1.54) is 12.1 Å². The molecule has 15 heavy (non-hydrogen) atoms. The molecule has 1 heterocycles. The maximum atomic E-state index is 12.7. The molecular formula is C12H14FNO. The SMILES string of the molecule is C[C@@H]1CCCC(=O)N1c1ccc(F)cc1. The van der Waals surface area contributed by atoms with E-state index >= 15 is 0 Å². The maximum Gasteiger partial charge on any atom is 0.227 e. The van der Waals surface area contributed by atoms with Gasteiger partial charge in [-0.3, -0.25) is 4.79 Å². The lowest BCUT2D eigenvalue weighted by Crippen LogP contribution is -2.42. The second-order valence-corrected chi connectivity index (χ2v) is 3.98. The van der Waals surface area contributed by atoms with Gasteiger partial charge in [-0.05, 0) is 44.0 Å². The van der Waals surface area contributed by atoms with Crippen LogP contribution in [-0.2, 0) is 4.79 Å². The second kappa shape index (κ2) is 4.01. The second-order valence-electron chi connectivity index (χ2n) is 3.98. The number of benzene rings is 1. The minimum Gasteiger partial charge on any atom is -0.310 e. The Morgan fingerprint density at radius 1 is 1.33 bits per heavy atom. The molecule has 1 atom stereocenters. The minimum atomic E-state index is -0.268. The lowest BCUT2D eigenvalue weighted by Gasteiger charge is -2.33. The third kappa shape index (κ3) is 2.01. The molecule has 1 aliphatic heterocycles. The van der Waals surface area contributed by atoms with Crippen LogP contribution in [0.15, 0.2) is 24.3 Å². The largest absolute Gasteiger partial charge is 0.310 e. The molecule has 0 aromatic heterocycles. The number of carbonyl (C=O) groups excluding carboxylic acids is 1. The normalized spacial score (nSPS) is 21.9. The van der Waals surface area contributed by atoms with Crippen LogP contribution in [0.25, 0.3) is 0 Å². The molecule has 0 bridgehead atoms. The quantitative estimate of drug-likeness (QED) is 0.693. The van der Waals surface area contributed by atoms with Gasteiger partial charge in [-0.1, -0.05) is 0 Å². The number of carbonyl (C=O) groups is 1. The smallest absolute Gasteiger partial charge is 0.227 e. The van der Waals surface area contributed by atoms with Crippen LogP contribution in [0.5, 0.6) is 0 Å². The van der Waals surface area contributed by atoms with Crippen molar-refractivity contribution in [3.63, 3.8) is 0 Å². The van der Waals surface area contributed by atoms with Crippen molar-refractivity contribution in [3.05, 3.63) is 30.1 Å². The molecule has 1 fully saturated rings. The third-order valence-electron chi connectivity index (χ3n) is 2.83. The van der Waals surface area contributed by atoms with Crippen molar-refractivity contribution in [3.8, 4) is 0 Å². The highest BCUT2D eigenvalue weighted by Crippen LogP contribution is 2.25. The fourth-order valence-corrected chi connectivity index (χ4v) is 2.04. The van der Waals surface area contributed by atoms with Crippen LogP contribution in [0.1, 0.15) is 26.2 Å². The molecule has 0 spiro atoms. The van der Waals surface area contributed by atoms with E-state index in [2.05, 4.69) is 0 Å². The van der Waals surface area contributed by atoms with Gasteiger partial charge in [0.05, 0.1) is 0 Å². The van der Waals surface area contributed by atoms with Gasteiger partial charge >= 0.3 is 0 Å². The Morgan fingerprint density at radius 2 is 2.00 bits per heavy atom. The van der Waals surface area contributed by atoms with Crippen LogP contribution in [0.4, 0.5) is 10.1 Å². The summed E-state index contributed by atoms with van der Waals surface area (Å²) in [6, 6.07) is 6.33. The summed E-state index contributed by atoms with van der Waals surface area (Å²) in [6.45, 7) is 2.03. The van der Waals surface area contributed by atoms with E-state index in [4.69, 9.17) is 0 Å². The monoisotopic (exact) mass is 207 g/mol. The average molecular weight is 207 g/mol. The maximum absolute atomic E-state index is 12.7. The van der Waals surface area contributed by atoms with Gasteiger partial charge in [-0.15, -0.1) is 0 Å². The van der Waals surface area contributed by atoms with Crippen LogP contribution in [0, 0.1) is 5.82 Å². The zero-order valence-corrected chi connectivity index (χ0v) is 8.74. The summed E-state index contributed by atoms with van der Waals surface area (Å²) < 4.78 is 12.7. The summed E-state index contributed by atoms with van der Waals surface area (Å²) in [5.74, 6) is -0.129. The molecule has 0 N–H and O–H groups in total. The fourth-order valence-electron chi connectivity index (χ4n) is 2.04. The zero-order valence-electron chi connectivity index (χ0n) is 8.74. The van der Waals surface area contributed by atoms with Crippen LogP contribution in [-0.4, -0.2) is 11.9 Å². The van der Waals surface area contributed by atoms with Crippen molar-refractivity contribution in [1.82, 2.24) is 0 Å². The molecule has 2 nitrogen and oxygen atoms in total. The van der Waals surface area contributed by atoms with Gasteiger partial charge < -0.3 is 4.90 Å². The minimum absolute atomic E-state index is 0.139. The van der Waals surface area contributed by atoms with Crippen LogP contribution >= 0.6 is 0 Å². The van der Waals surface area contributed by atoms with Crippen LogP contribution < -0.4 is 4.90 Å². The summed E-state index contributed by atoms with van der Waals surface area (Å²) in [5.41, 5.74) is 0.800. The summed E-state index contributed by atoms with van der Waals surface area (Å²) in [7, 11) is 0. The Labute approximate surface area is 88.7 Å². The lowest BCUT2D eigenvalue weighted by molar-refractivity contribution is -0.120. The number of nitrogens with zero attached hydrogens (tertiary/aromatic N) is 1. The first kappa shape index (κ1) is 10.1. The Bertz CT molecular complexity index is 360. The summed E-state index contributed by atoms with van der Waals surface area (Å²) in [6.07, 6.45) is 2.57. The topological polar surface area (TPSA) is 20.3 Å². The highest BCUT2D eigenvalue weighted by molar-refractivity contribution is 5.94. The number of anilines is 1. The number of rotatable bonds is 1. The molecule has 1 saturated heterocycles. The average Bonchev–Trinajstić information content (AvgIpc) is 2.20. The summed E-state index contributed by atoms with van der Waals surface area (Å²) in [4.78, 5) is 13.5. The number of piperidine rings is 1. The fraction of sp³-hybridized carbons (Fsp3) is 0.417. The highest BCUT2D eigenvalue weighted by Gasteiger charge is 2.25. The molecule has 1 aliphatic rings. The van der Waals surface area contributed by atoms with Crippen molar-refractivity contribution in [2.75, 3.05) is 4.90 Å². The number of hydrogen-bond donors (Lipinski definition) is 0. The number of amides is 1. The van der Waals surface area contributed by atoms with Gasteiger partial charge in [0, 0.05) is 18.2 Å². The standard InChI is InChI=1S/C12H14FNO/c1-9-3-2-4-12(15)14(9)11-7-5-10(13)6-8-11/h5-9H,2-4H2,1H3/t9-/m1/s1. The molecular weight excluding hydrogens is 193 g/mol. The molecule has 0 saturated carbocycles. The van der Waals surface area contributed by atoms with Crippen molar-refractivity contribution in [2.24, 2.45) is 0 Å². The molecule has 0 aliphatic carbocycles. The predicted octanol–water partition coefficient (Wildman–Crippen LogP) is 2.73. The number of hydrogen-bond acceptors (Lipinski definition) is 1. The zero-order chi connectivity index (χ0) is 10.8. The van der Waals surface area contributed by atoms with Gasteiger partial charge in [-0.25, -0.2) is 4.39 Å². The van der Waals surface area contributed by atoms with E-state index < -0.39 is 0 Å². The van der Waals surface area contributed by atoms with Crippen molar-refractivity contribution >= 4 is 11.6 Å². The van der Waals surface area contributed by atoms with E-state index in [1.54, 1.807) is 17.0 Å². The van der Waals surface area contributed by atoms with E-state index in [0.29, 0.717) is 6.42 Å². The Kier molecular flexibility index (Phi) is 2.71. The number of halogens is 1. The van der Waals surface area contributed by atoms with Gasteiger partial charge in [0.1, 0.15) is 5.82 Å². The third-order valence-corrected chi connectivity index (χ3v) is 2.83. The summed E-state index contributed by atoms with van der Waals surface area (Å²) in [5, 5.41) is 0. The van der Waals surface area contributed by atoms with Gasteiger partial charge in [0.15, 0.2) is 0 Å². The van der Waals surface area contributed by atoms with E-state index in [0.717, 1.165) is 18.5 Å². The lowest BCUT2D eigenvalue weighted by atomic mass is 10.0. The molecule has 2 rings (SSSR count). The molecule has 1 amide bonds. The predicted molar refractivity (Wildman–Crippen MR) is 57.2 cm³/mol. The molecule has 1 aromatic rings. The Morgan fingerprint density at radius 3 is 2.60 bits per heavy atom. The first-order chi connectivity index (χ1) is 7.18. The Hall–Kier alpha value is -1.38. The Balaban J connectivity index is 2.27. The van der Waals surface area contributed by atoms with Crippen LogP contribution in [0.3, 0.4) is 0 Å². The van der Waals surface area contributed by atoms with Gasteiger partial charge in [0.25, 0.3) is 0 Å². The first-order valence-electron chi connectivity index (χ1n) is 5.26. The summed E-state index contributed by atoms with van der Waals surface area (Å²) >= 11 is 0. The van der Waals surface area contributed by atoms with Gasteiger partial charge in [-0.2, -0.15) is 0 Å².